The van der Waals surface area contributed by atoms with E-state index in [0.29, 0.717) is 42.8 Å². The van der Waals surface area contributed by atoms with Gasteiger partial charge < -0.3 is 20.8 Å². The average Bonchev–Trinajstić information content (AvgIpc) is 3.23. The summed E-state index contributed by atoms with van der Waals surface area (Å²) >= 11 is 0. The minimum atomic E-state index is -0.749. The molecule has 4 N–H and O–H groups in total. The molecule has 3 heterocycles. The van der Waals surface area contributed by atoms with Crippen LogP contribution in [0.3, 0.4) is 0 Å². The largest absolute Gasteiger partial charge is 0.391 e. The van der Waals surface area contributed by atoms with Crippen molar-refractivity contribution in [1.29, 1.82) is 0 Å². The zero-order valence-electron chi connectivity index (χ0n) is 20.8. The third kappa shape index (κ3) is 4.63. The molecule has 0 radical (unpaired) electrons. The van der Waals surface area contributed by atoms with Gasteiger partial charge in [-0.1, -0.05) is 19.1 Å². The summed E-state index contributed by atoms with van der Waals surface area (Å²) in [4.78, 5) is 24.4. The first-order chi connectivity index (χ1) is 17.7. The minimum absolute atomic E-state index is 0.0381. The van der Waals surface area contributed by atoms with Gasteiger partial charge in [-0.2, -0.15) is 0 Å². The summed E-state index contributed by atoms with van der Waals surface area (Å²) in [7, 11) is 0. The molecular formula is C28H30F2N4O3. The molecule has 37 heavy (non-hydrogen) atoms. The van der Waals surface area contributed by atoms with Crippen LogP contribution in [0, 0.1) is 24.5 Å². The van der Waals surface area contributed by atoms with Crippen molar-refractivity contribution in [3.05, 3.63) is 76.2 Å². The van der Waals surface area contributed by atoms with Crippen molar-refractivity contribution in [3.63, 3.8) is 0 Å². The van der Waals surface area contributed by atoms with Crippen LogP contribution in [0.25, 0.3) is 11.3 Å². The molecule has 5 rings (SSSR count). The van der Waals surface area contributed by atoms with Crippen LogP contribution >= 0.6 is 0 Å². The molecule has 0 saturated carbocycles. The summed E-state index contributed by atoms with van der Waals surface area (Å²) in [5, 5.41) is 20.8. The normalized spacial score (nSPS) is 23.3. The summed E-state index contributed by atoms with van der Waals surface area (Å²) in [6.45, 7) is 4.56. The molecule has 1 saturated heterocycles. The van der Waals surface area contributed by atoms with Gasteiger partial charge in [0.05, 0.1) is 29.2 Å². The van der Waals surface area contributed by atoms with Crippen molar-refractivity contribution in [2.45, 2.75) is 51.4 Å². The molecule has 3 aromatic rings. The number of nitrogens with zero attached hydrogens (tertiary/aromatic N) is 3. The molecule has 4 atom stereocenters. The van der Waals surface area contributed by atoms with Gasteiger partial charge in [0.15, 0.2) is 5.78 Å². The molecule has 9 heteroatoms. The number of carbonyl (C=O) groups excluding carboxylic acids is 1. The fourth-order valence-electron chi connectivity index (χ4n) is 5.50. The molecule has 1 fully saturated rings. The Kier molecular flexibility index (Phi) is 6.78. The number of aromatic nitrogens is 2. The Balaban J connectivity index is 1.52. The van der Waals surface area contributed by atoms with E-state index in [4.69, 9.17) is 5.73 Å². The lowest BCUT2D eigenvalue weighted by Crippen LogP contribution is -2.56. The molecule has 0 unspecified atom stereocenters. The maximum atomic E-state index is 14.5. The number of carbonyl (C=O) groups is 1. The van der Waals surface area contributed by atoms with E-state index in [0.717, 1.165) is 23.4 Å². The highest BCUT2D eigenvalue weighted by Crippen LogP contribution is 2.40. The summed E-state index contributed by atoms with van der Waals surface area (Å²) in [5.74, 6) is -1.91. The number of halogens is 2. The number of aliphatic hydroxyl groups is 2. The zero-order valence-corrected chi connectivity index (χ0v) is 20.8. The second-order valence-electron chi connectivity index (χ2n) is 10.1. The lowest BCUT2D eigenvalue weighted by Gasteiger charge is -2.41. The number of piperidine rings is 1. The maximum Gasteiger partial charge on any atom is 0.185 e. The van der Waals surface area contributed by atoms with Gasteiger partial charge in [0, 0.05) is 54.5 Å². The van der Waals surface area contributed by atoms with E-state index >= 15 is 0 Å². The Bertz CT molecular complexity index is 1330. The highest BCUT2D eigenvalue weighted by molar-refractivity contribution is 5.97. The maximum absolute atomic E-state index is 14.5. The number of hydrogen-bond acceptors (Lipinski definition) is 7. The second kappa shape index (κ2) is 9.89. The highest BCUT2D eigenvalue weighted by Gasteiger charge is 2.35. The molecule has 7 nitrogen and oxygen atoms in total. The zero-order chi connectivity index (χ0) is 26.4. The lowest BCUT2D eigenvalue weighted by atomic mass is 9.91. The fraction of sp³-hybridized carbons (Fsp3) is 0.393. The highest BCUT2D eigenvalue weighted by atomic mass is 19.1. The standard InChI is InChI=1S/C28H30F2N4O3/c1-14-6-8-21(33-25(14)24-18(29)4-3-5-19(24)30)23(36)10-16-11-32-26-17(7-9-22(26)35)27(16)34-12-15(2)28(37)20(31)13-34/h3-6,8,11,15,20,22,28,35,37H,7,9-10,12-13,31H2,1-2H3/t15-,20+,22-,28+/m0/s1. The topological polar surface area (TPSA) is 113 Å². The van der Waals surface area contributed by atoms with Gasteiger partial charge in [-0.15, -0.1) is 0 Å². The Morgan fingerprint density at radius 2 is 1.89 bits per heavy atom. The summed E-state index contributed by atoms with van der Waals surface area (Å²) < 4.78 is 29.0. The van der Waals surface area contributed by atoms with Crippen LogP contribution in [0.5, 0.6) is 0 Å². The number of benzene rings is 1. The number of Topliss-reactive ketones (excluding diaryl/α,β-unsaturated/α-hetero) is 1. The van der Waals surface area contributed by atoms with E-state index < -0.39 is 29.9 Å². The van der Waals surface area contributed by atoms with Gasteiger partial charge in [0.1, 0.15) is 17.3 Å². The average molecular weight is 509 g/mol. The van der Waals surface area contributed by atoms with Gasteiger partial charge in [-0.3, -0.25) is 9.78 Å². The van der Waals surface area contributed by atoms with Crippen LogP contribution in [0.1, 0.15) is 52.3 Å². The molecule has 1 aromatic carbocycles. The fourth-order valence-corrected chi connectivity index (χ4v) is 5.50. The molecule has 0 amide bonds. The van der Waals surface area contributed by atoms with Crippen LogP contribution in [-0.4, -0.2) is 51.2 Å². The first kappa shape index (κ1) is 25.4. The molecule has 194 valence electrons. The number of pyridine rings is 2. The third-order valence-electron chi connectivity index (χ3n) is 7.45. The molecule has 0 spiro atoms. The first-order valence-corrected chi connectivity index (χ1v) is 12.5. The number of rotatable bonds is 5. The van der Waals surface area contributed by atoms with Crippen molar-refractivity contribution in [3.8, 4) is 11.3 Å². The van der Waals surface area contributed by atoms with Crippen LogP contribution in [0.4, 0.5) is 14.5 Å². The van der Waals surface area contributed by atoms with E-state index in [2.05, 4.69) is 14.9 Å². The summed E-state index contributed by atoms with van der Waals surface area (Å²) in [6, 6.07) is 6.33. The minimum Gasteiger partial charge on any atom is -0.391 e. The third-order valence-corrected chi connectivity index (χ3v) is 7.45. The molecule has 1 aliphatic heterocycles. The predicted octanol–water partition coefficient (Wildman–Crippen LogP) is 3.28. The first-order valence-electron chi connectivity index (χ1n) is 12.5. The van der Waals surface area contributed by atoms with E-state index in [1.807, 2.05) is 6.92 Å². The van der Waals surface area contributed by atoms with E-state index in [9.17, 15) is 23.8 Å². The SMILES string of the molecule is Cc1ccc(C(=O)Cc2cnc3c(c2N2C[C@@H](N)[C@H](O)[C@@H](C)C2)CC[C@@H]3O)nc1-c1c(F)cccc1F. The quantitative estimate of drug-likeness (QED) is 0.454. The van der Waals surface area contributed by atoms with Gasteiger partial charge in [0.25, 0.3) is 0 Å². The number of ketones is 1. The number of aryl methyl sites for hydroxylation is 1. The Labute approximate surface area is 214 Å². The van der Waals surface area contributed by atoms with Crippen LogP contribution in [0.15, 0.2) is 36.5 Å². The number of nitrogens with two attached hydrogens (primary N) is 1. The Morgan fingerprint density at radius 3 is 2.59 bits per heavy atom. The van der Waals surface area contributed by atoms with Gasteiger partial charge in [-0.05, 0) is 43.5 Å². The van der Waals surface area contributed by atoms with Gasteiger partial charge >= 0.3 is 0 Å². The van der Waals surface area contributed by atoms with Crippen molar-refractivity contribution >= 4 is 11.5 Å². The smallest absolute Gasteiger partial charge is 0.185 e. The second-order valence-corrected chi connectivity index (χ2v) is 10.1. The molecular weight excluding hydrogens is 478 g/mol. The Hall–Kier alpha value is -3.27. The monoisotopic (exact) mass is 508 g/mol. The molecule has 2 aliphatic rings. The molecule has 0 bridgehead atoms. The van der Waals surface area contributed by atoms with Crippen molar-refractivity contribution in [2.75, 3.05) is 18.0 Å². The van der Waals surface area contributed by atoms with E-state index in [1.165, 1.54) is 6.07 Å². The lowest BCUT2D eigenvalue weighted by molar-refractivity contribution is 0.0783. The van der Waals surface area contributed by atoms with Crippen molar-refractivity contribution in [1.82, 2.24) is 9.97 Å². The van der Waals surface area contributed by atoms with Gasteiger partial charge in [-0.25, -0.2) is 13.8 Å². The number of anilines is 1. The summed E-state index contributed by atoms with van der Waals surface area (Å²) in [5.41, 5.74) is 9.65. The number of fused-ring (bicyclic) bond motifs is 1. The van der Waals surface area contributed by atoms with Crippen LogP contribution in [0.2, 0.25) is 0 Å². The Morgan fingerprint density at radius 1 is 1.16 bits per heavy atom. The van der Waals surface area contributed by atoms with Crippen LogP contribution < -0.4 is 10.6 Å². The van der Waals surface area contributed by atoms with E-state index in [-0.39, 0.29) is 35.1 Å². The van der Waals surface area contributed by atoms with Crippen molar-refractivity contribution in [2.24, 2.45) is 11.7 Å². The molecule has 2 aromatic heterocycles. The predicted molar refractivity (Wildman–Crippen MR) is 135 cm³/mol. The molecule has 1 aliphatic carbocycles. The number of aliphatic hydroxyl groups excluding tert-OH is 2. The van der Waals surface area contributed by atoms with Crippen LogP contribution in [-0.2, 0) is 12.8 Å². The number of hydrogen-bond donors (Lipinski definition) is 3. The van der Waals surface area contributed by atoms with Gasteiger partial charge in [0.2, 0.25) is 0 Å². The van der Waals surface area contributed by atoms with E-state index in [1.54, 1.807) is 25.3 Å². The summed E-state index contributed by atoms with van der Waals surface area (Å²) in [6.07, 6.45) is 1.43. The van der Waals surface area contributed by atoms with Crippen molar-refractivity contribution < 1.29 is 23.8 Å².